The molecule has 0 amide bonds. The van der Waals surface area contributed by atoms with Crippen molar-refractivity contribution >= 4 is 17.1 Å². The zero-order valence-electron chi connectivity index (χ0n) is 11.5. The van der Waals surface area contributed by atoms with Gasteiger partial charge in [0.1, 0.15) is 11.8 Å². The van der Waals surface area contributed by atoms with Crippen LogP contribution >= 0.6 is 0 Å². The van der Waals surface area contributed by atoms with Crippen LogP contribution in [-0.4, -0.2) is 61.3 Å². The second-order valence-electron chi connectivity index (χ2n) is 5.60. The molecule has 10 nitrogen and oxygen atoms in total. The molecule has 2 fully saturated rings. The second-order valence-corrected chi connectivity index (χ2v) is 5.60. The molecule has 0 radical (unpaired) electrons. The molecule has 2 aliphatic rings. The summed E-state index contributed by atoms with van der Waals surface area (Å²) >= 11 is 0. The molecule has 2 bridgehead atoms. The molecule has 22 heavy (non-hydrogen) atoms. The highest BCUT2D eigenvalue weighted by atomic mass is 16.6. The number of aliphatic hydroxyl groups excluding tert-OH is 2. The number of aromatic amines is 1. The van der Waals surface area contributed by atoms with Gasteiger partial charge in [-0.15, -0.1) is 0 Å². The molecular formula is C12H15N5O5. The van der Waals surface area contributed by atoms with E-state index in [1.165, 1.54) is 10.9 Å². The first-order valence-corrected chi connectivity index (χ1v) is 6.83. The third-order valence-corrected chi connectivity index (χ3v) is 4.36. The monoisotopic (exact) mass is 309 g/mol. The first-order chi connectivity index (χ1) is 10.6. The molecule has 118 valence electrons. The van der Waals surface area contributed by atoms with Crippen LogP contribution in [0.15, 0.2) is 11.1 Å². The summed E-state index contributed by atoms with van der Waals surface area (Å²) in [6, 6.07) is 0. The van der Waals surface area contributed by atoms with Gasteiger partial charge in [0.2, 0.25) is 5.95 Å². The zero-order chi connectivity index (χ0) is 15.5. The van der Waals surface area contributed by atoms with E-state index in [1.54, 1.807) is 0 Å². The average Bonchev–Trinajstić information content (AvgIpc) is 2.99. The number of nitrogens with two attached hydrogens (primary N) is 1. The highest BCUT2D eigenvalue weighted by Crippen LogP contribution is 2.44. The Bertz CT molecular complexity index is 788. The van der Waals surface area contributed by atoms with Crippen molar-refractivity contribution in [3.8, 4) is 0 Å². The molecular weight excluding hydrogens is 294 g/mol. The van der Waals surface area contributed by atoms with Gasteiger partial charge in [0, 0.05) is 0 Å². The fourth-order valence-electron chi connectivity index (χ4n) is 3.19. The molecule has 4 atom stereocenters. The minimum absolute atomic E-state index is 0.0477. The van der Waals surface area contributed by atoms with Crippen molar-refractivity contribution in [2.75, 3.05) is 25.6 Å². The highest BCUT2D eigenvalue weighted by molar-refractivity contribution is 5.69. The number of nitrogens with one attached hydrogen (secondary N) is 1. The van der Waals surface area contributed by atoms with E-state index < -0.39 is 36.0 Å². The molecule has 10 heteroatoms. The molecule has 0 aromatic carbocycles. The molecule has 2 aromatic heterocycles. The van der Waals surface area contributed by atoms with Gasteiger partial charge in [-0.25, -0.2) is 9.55 Å². The Kier molecular flexibility index (Phi) is 2.78. The Morgan fingerprint density at radius 2 is 2.41 bits per heavy atom. The molecule has 0 unspecified atom stereocenters. The van der Waals surface area contributed by atoms with Crippen molar-refractivity contribution < 1.29 is 19.7 Å². The van der Waals surface area contributed by atoms with Crippen LogP contribution in [-0.2, 0) is 9.47 Å². The number of nitrogens with zero attached hydrogens (tertiary/aromatic N) is 3. The van der Waals surface area contributed by atoms with Crippen molar-refractivity contribution in [2.45, 2.75) is 17.9 Å². The summed E-state index contributed by atoms with van der Waals surface area (Å²) in [7, 11) is 0. The summed E-state index contributed by atoms with van der Waals surface area (Å²) in [5.74, 6) is -0.592. The van der Waals surface area contributed by atoms with Crippen LogP contribution in [0.4, 0.5) is 5.95 Å². The molecule has 0 spiro atoms. The van der Waals surface area contributed by atoms with Crippen LogP contribution in [0.1, 0.15) is 6.23 Å². The van der Waals surface area contributed by atoms with Gasteiger partial charge in [-0.1, -0.05) is 0 Å². The topological polar surface area (TPSA) is 149 Å². The summed E-state index contributed by atoms with van der Waals surface area (Å²) in [5, 5.41) is 19.9. The van der Waals surface area contributed by atoms with E-state index in [2.05, 4.69) is 15.0 Å². The van der Waals surface area contributed by atoms with Gasteiger partial charge in [-0.2, -0.15) is 4.98 Å². The maximum absolute atomic E-state index is 12.6. The number of anilines is 1. The Hall–Kier alpha value is -2.01. The number of aromatic nitrogens is 4. The van der Waals surface area contributed by atoms with Gasteiger partial charge >= 0.3 is 0 Å². The van der Waals surface area contributed by atoms with Gasteiger partial charge in [0.15, 0.2) is 11.2 Å². The van der Waals surface area contributed by atoms with E-state index in [-0.39, 0.29) is 30.3 Å². The van der Waals surface area contributed by atoms with Crippen molar-refractivity contribution in [3.63, 3.8) is 0 Å². The van der Waals surface area contributed by atoms with Crippen molar-refractivity contribution in [3.05, 3.63) is 16.7 Å². The van der Waals surface area contributed by atoms with Crippen LogP contribution in [0, 0.1) is 5.92 Å². The predicted molar refractivity (Wildman–Crippen MR) is 72.8 cm³/mol. The summed E-state index contributed by atoms with van der Waals surface area (Å²) in [4.78, 5) is 23.3. The first-order valence-electron chi connectivity index (χ1n) is 6.83. The number of hydrogen-bond donors (Lipinski definition) is 4. The van der Waals surface area contributed by atoms with Crippen LogP contribution in [0.2, 0.25) is 0 Å². The number of hydrogen-bond acceptors (Lipinski definition) is 8. The lowest BCUT2D eigenvalue weighted by Gasteiger charge is -2.33. The molecule has 2 saturated heterocycles. The number of nitrogen functional groups attached to an aromatic ring is 1. The van der Waals surface area contributed by atoms with Crippen molar-refractivity contribution in [1.82, 2.24) is 19.5 Å². The fraction of sp³-hybridized carbons (Fsp3) is 0.583. The number of rotatable bonds is 2. The van der Waals surface area contributed by atoms with Crippen LogP contribution in [0.5, 0.6) is 0 Å². The SMILES string of the molecule is Nc1nc2nc[nH]c2c(=O)n1[C@@H]1O[C@]2(CO)COC[C@@H]1[C@@H]2O. The van der Waals surface area contributed by atoms with Gasteiger partial charge in [0.25, 0.3) is 5.56 Å². The third kappa shape index (κ3) is 1.60. The standard InChI is InChI=1S/C12H15N5O5/c13-11-16-8-6(14-4-15-8)9(20)17(11)10-5-1-21-3-12(2-18,22-10)7(5)19/h4-5,7,10,18-19H,1-3H2,(H2,13,16)(H,14,15)/t5-,7+,10-,12-/m1/s1. The van der Waals surface area contributed by atoms with Crippen molar-refractivity contribution in [2.24, 2.45) is 5.92 Å². The largest absolute Gasteiger partial charge is 0.393 e. The lowest BCUT2D eigenvalue weighted by Crippen LogP contribution is -2.52. The van der Waals surface area contributed by atoms with E-state index in [1.807, 2.05) is 0 Å². The number of H-pyrrole nitrogens is 1. The normalized spacial score (nSPS) is 34.4. The summed E-state index contributed by atoms with van der Waals surface area (Å²) in [6.07, 6.45) is -0.471. The molecule has 2 aliphatic heterocycles. The number of aliphatic hydroxyl groups is 2. The van der Waals surface area contributed by atoms with E-state index >= 15 is 0 Å². The molecule has 4 heterocycles. The maximum atomic E-state index is 12.6. The average molecular weight is 309 g/mol. The Labute approximate surface area is 123 Å². The number of fused-ring (bicyclic) bond motifs is 3. The Balaban J connectivity index is 1.88. The summed E-state index contributed by atoms with van der Waals surface area (Å²) in [5.41, 5.74) is 4.60. The number of ether oxygens (including phenoxy) is 2. The van der Waals surface area contributed by atoms with Gasteiger partial charge in [0.05, 0.1) is 38.2 Å². The third-order valence-electron chi connectivity index (χ3n) is 4.36. The van der Waals surface area contributed by atoms with E-state index in [0.717, 1.165) is 0 Å². The highest BCUT2D eigenvalue weighted by Gasteiger charge is 2.58. The Morgan fingerprint density at radius 1 is 1.59 bits per heavy atom. The molecule has 2 aromatic rings. The minimum Gasteiger partial charge on any atom is -0.393 e. The lowest BCUT2D eigenvalue weighted by molar-refractivity contribution is -0.163. The van der Waals surface area contributed by atoms with E-state index in [0.29, 0.717) is 0 Å². The lowest BCUT2D eigenvalue weighted by atomic mass is 9.89. The predicted octanol–water partition coefficient (Wildman–Crippen LogP) is -2.03. The van der Waals surface area contributed by atoms with Crippen LogP contribution < -0.4 is 11.3 Å². The number of imidazole rings is 1. The molecule has 4 rings (SSSR count). The Morgan fingerprint density at radius 3 is 3.14 bits per heavy atom. The van der Waals surface area contributed by atoms with Crippen LogP contribution in [0.3, 0.4) is 0 Å². The molecule has 5 N–H and O–H groups in total. The first kappa shape index (κ1) is 13.6. The minimum atomic E-state index is -1.25. The fourth-order valence-corrected chi connectivity index (χ4v) is 3.19. The zero-order valence-corrected chi connectivity index (χ0v) is 11.5. The van der Waals surface area contributed by atoms with Gasteiger partial charge < -0.3 is 30.4 Å². The van der Waals surface area contributed by atoms with Gasteiger partial charge in [-0.3, -0.25) is 4.79 Å². The second kappa shape index (κ2) is 4.49. The smallest absolute Gasteiger partial charge is 0.283 e. The van der Waals surface area contributed by atoms with Crippen LogP contribution in [0.25, 0.3) is 11.2 Å². The van der Waals surface area contributed by atoms with E-state index in [9.17, 15) is 15.0 Å². The maximum Gasteiger partial charge on any atom is 0.283 e. The quantitative estimate of drug-likeness (QED) is 0.496. The molecule has 0 aliphatic carbocycles. The van der Waals surface area contributed by atoms with E-state index in [4.69, 9.17) is 15.2 Å². The van der Waals surface area contributed by atoms with Crippen molar-refractivity contribution in [1.29, 1.82) is 0 Å². The summed E-state index contributed by atoms with van der Waals surface area (Å²) < 4.78 is 12.3. The molecule has 0 saturated carbocycles. The summed E-state index contributed by atoms with van der Waals surface area (Å²) in [6.45, 7) is -0.178. The van der Waals surface area contributed by atoms with Gasteiger partial charge in [-0.05, 0) is 0 Å².